The summed E-state index contributed by atoms with van der Waals surface area (Å²) in [5.41, 5.74) is 3.29. The first-order valence-corrected chi connectivity index (χ1v) is 7.02. The average molecular weight is 301 g/mol. The lowest BCUT2D eigenvalue weighted by Gasteiger charge is -2.04. The van der Waals surface area contributed by atoms with Crippen LogP contribution in [0.4, 0.5) is 0 Å². The zero-order valence-corrected chi connectivity index (χ0v) is 12.0. The van der Waals surface area contributed by atoms with Crippen molar-refractivity contribution in [3.05, 3.63) is 78.6 Å². The summed E-state index contributed by atoms with van der Waals surface area (Å²) in [5.74, 6) is -0.146. The summed E-state index contributed by atoms with van der Waals surface area (Å²) in [7, 11) is 0. The molecule has 0 amide bonds. The molecular weight excluding hydrogens is 290 g/mol. The highest BCUT2D eigenvalue weighted by atomic mass is 16.1. The lowest BCUT2D eigenvalue weighted by atomic mass is 10.1. The Bertz CT molecular complexity index is 980. The summed E-state index contributed by atoms with van der Waals surface area (Å²) in [4.78, 5) is 24.9. The van der Waals surface area contributed by atoms with Crippen molar-refractivity contribution < 1.29 is 4.79 Å². The van der Waals surface area contributed by atoms with Crippen LogP contribution in [0.25, 0.3) is 16.9 Å². The predicted octanol–water partition coefficient (Wildman–Crippen LogP) is 2.42. The highest BCUT2D eigenvalue weighted by Crippen LogP contribution is 2.21. The van der Waals surface area contributed by atoms with Gasteiger partial charge in [0, 0.05) is 42.1 Å². The smallest absolute Gasteiger partial charge is 0.200 e. The Hall–Kier alpha value is -3.41. The molecule has 0 saturated carbocycles. The third-order valence-corrected chi connectivity index (χ3v) is 3.55. The number of aromatic nitrogens is 5. The number of fused-ring (bicyclic) bond motifs is 1. The molecule has 110 valence electrons. The molecule has 0 spiro atoms. The van der Waals surface area contributed by atoms with Gasteiger partial charge in [-0.1, -0.05) is 0 Å². The molecule has 0 aliphatic rings. The van der Waals surface area contributed by atoms with Crippen LogP contribution in [0, 0.1) is 0 Å². The molecule has 0 atom stereocenters. The molecule has 0 saturated heterocycles. The lowest BCUT2D eigenvalue weighted by molar-refractivity contribution is 0.103. The van der Waals surface area contributed by atoms with Gasteiger partial charge in [-0.15, -0.1) is 0 Å². The van der Waals surface area contributed by atoms with E-state index in [9.17, 15) is 4.79 Å². The van der Waals surface area contributed by atoms with Crippen molar-refractivity contribution >= 4 is 11.4 Å². The Morgan fingerprint density at radius 1 is 0.913 bits per heavy atom. The van der Waals surface area contributed by atoms with Gasteiger partial charge in [-0.05, 0) is 30.3 Å². The topological polar surface area (TPSA) is 73.0 Å². The van der Waals surface area contributed by atoms with E-state index in [4.69, 9.17) is 0 Å². The Balaban J connectivity index is 1.87. The van der Waals surface area contributed by atoms with Crippen molar-refractivity contribution in [2.45, 2.75) is 0 Å². The van der Waals surface area contributed by atoms with Gasteiger partial charge in [0.05, 0.1) is 17.5 Å². The van der Waals surface area contributed by atoms with Crippen molar-refractivity contribution in [3.63, 3.8) is 0 Å². The summed E-state index contributed by atoms with van der Waals surface area (Å²) in [6.45, 7) is 0. The fourth-order valence-corrected chi connectivity index (χ4v) is 2.45. The number of carbonyl (C=O) groups is 1. The Labute approximate surface area is 131 Å². The largest absolute Gasteiger partial charge is 0.288 e. The number of hydrogen-bond acceptors (Lipinski definition) is 5. The molecule has 0 aliphatic heterocycles. The minimum Gasteiger partial charge on any atom is -0.288 e. The zero-order chi connectivity index (χ0) is 15.6. The molecule has 4 rings (SSSR count). The molecule has 0 bridgehead atoms. The van der Waals surface area contributed by atoms with Crippen LogP contribution in [0.2, 0.25) is 0 Å². The zero-order valence-electron chi connectivity index (χ0n) is 12.0. The number of nitrogens with zero attached hydrogens (tertiary/aromatic N) is 5. The molecule has 0 radical (unpaired) electrons. The van der Waals surface area contributed by atoms with E-state index in [2.05, 4.69) is 20.1 Å². The molecule has 23 heavy (non-hydrogen) atoms. The van der Waals surface area contributed by atoms with E-state index in [1.165, 1.54) is 0 Å². The minimum absolute atomic E-state index is 0.146. The highest BCUT2D eigenvalue weighted by molar-refractivity contribution is 6.12. The normalized spacial score (nSPS) is 10.8. The van der Waals surface area contributed by atoms with Crippen molar-refractivity contribution in [2.24, 2.45) is 0 Å². The third kappa shape index (κ3) is 2.26. The van der Waals surface area contributed by atoms with E-state index in [1.54, 1.807) is 53.8 Å². The molecule has 4 aromatic rings. The maximum Gasteiger partial charge on any atom is 0.200 e. The van der Waals surface area contributed by atoms with E-state index in [-0.39, 0.29) is 5.78 Å². The second-order valence-electron chi connectivity index (χ2n) is 4.93. The first kappa shape index (κ1) is 13.3. The second kappa shape index (κ2) is 5.42. The van der Waals surface area contributed by atoms with Crippen molar-refractivity contribution in [3.8, 4) is 11.3 Å². The summed E-state index contributed by atoms with van der Waals surface area (Å²) in [6.07, 6.45) is 9.82. The number of pyridine rings is 2. The van der Waals surface area contributed by atoms with Gasteiger partial charge >= 0.3 is 0 Å². The summed E-state index contributed by atoms with van der Waals surface area (Å²) in [5, 5.41) is 4.33. The molecule has 0 aliphatic carbocycles. The lowest BCUT2D eigenvalue weighted by Crippen LogP contribution is -2.03. The van der Waals surface area contributed by atoms with Gasteiger partial charge in [-0.3, -0.25) is 14.8 Å². The molecule has 6 nitrogen and oxygen atoms in total. The SMILES string of the molecule is O=C(c1cccnc1)c1cnn2c(-c3ccncc3)ccnc12. The number of carbonyl (C=O) groups excluding carboxylic acids is 1. The quantitative estimate of drug-likeness (QED) is 0.543. The highest BCUT2D eigenvalue weighted by Gasteiger charge is 2.17. The fourth-order valence-electron chi connectivity index (χ4n) is 2.45. The summed E-state index contributed by atoms with van der Waals surface area (Å²) in [6, 6.07) is 9.09. The maximum absolute atomic E-state index is 12.6. The van der Waals surface area contributed by atoms with Crippen LogP contribution in [0.1, 0.15) is 15.9 Å². The van der Waals surface area contributed by atoms with Gasteiger partial charge in [-0.2, -0.15) is 5.10 Å². The Morgan fingerprint density at radius 3 is 2.57 bits per heavy atom. The second-order valence-corrected chi connectivity index (χ2v) is 4.93. The molecule has 0 aromatic carbocycles. The molecule has 0 unspecified atom stereocenters. The standard InChI is InChI=1S/C17H11N5O/c23-16(13-2-1-6-19-10-13)14-11-21-22-15(5-9-20-17(14)22)12-3-7-18-8-4-12/h1-11H. The van der Waals surface area contributed by atoms with E-state index in [1.807, 2.05) is 18.2 Å². The first-order valence-electron chi connectivity index (χ1n) is 7.02. The Morgan fingerprint density at radius 2 is 1.78 bits per heavy atom. The molecule has 0 N–H and O–H groups in total. The van der Waals surface area contributed by atoms with E-state index in [0.717, 1.165) is 11.3 Å². The molecule has 6 heteroatoms. The van der Waals surface area contributed by atoms with Gasteiger partial charge < -0.3 is 0 Å². The van der Waals surface area contributed by atoms with E-state index < -0.39 is 0 Å². The third-order valence-electron chi connectivity index (χ3n) is 3.55. The average Bonchev–Trinajstić information content (AvgIpc) is 3.06. The summed E-state index contributed by atoms with van der Waals surface area (Å²) >= 11 is 0. The number of hydrogen-bond donors (Lipinski definition) is 0. The van der Waals surface area contributed by atoms with E-state index >= 15 is 0 Å². The van der Waals surface area contributed by atoms with Crippen LogP contribution in [0.15, 0.2) is 67.5 Å². The van der Waals surface area contributed by atoms with Gasteiger partial charge in [0.15, 0.2) is 11.4 Å². The van der Waals surface area contributed by atoms with E-state index in [0.29, 0.717) is 16.8 Å². The van der Waals surface area contributed by atoms with Crippen molar-refractivity contribution in [2.75, 3.05) is 0 Å². The molecule has 0 fully saturated rings. The van der Waals surface area contributed by atoms with Crippen LogP contribution in [0.3, 0.4) is 0 Å². The predicted molar refractivity (Wildman–Crippen MR) is 83.9 cm³/mol. The van der Waals surface area contributed by atoms with Crippen LogP contribution in [-0.4, -0.2) is 30.3 Å². The van der Waals surface area contributed by atoms with Gasteiger partial charge in [0.2, 0.25) is 0 Å². The van der Waals surface area contributed by atoms with Gasteiger partial charge in [-0.25, -0.2) is 9.50 Å². The molecule has 4 heterocycles. The van der Waals surface area contributed by atoms with Gasteiger partial charge in [0.25, 0.3) is 0 Å². The van der Waals surface area contributed by atoms with Crippen LogP contribution in [0.5, 0.6) is 0 Å². The Kier molecular flexibility index (Phi) is 3.12. The van der Waals surface area contributed by atoms with Gasteiger partial charge in [0.1, 0.15) is 0 Å². The number of rotatable bonds is 3. The monoisotopic (exact) mass is 301 g/mol. The van der Waals surface area contributed by atoms with Crippen molar-refractivity contribution in [1.82, 2.24) is 24.6 Å². The minimum atomic E-state index is -0.146. The fraction of sp³-hybridized carbons (Fsp3) is 0. The summed E-state index contributed by atoms with van der Waals surface area (Å²) < 4.78 is 1.67. The van der Waals surface area contributed by atoms with Crippen LogP contribution >= 0.6 is 0 Å². The maximum atomic E-state index is 12.6. The first-order chi connectivity index (χ1) is 11.3. The van der Waals surface area contributed by atoms with Crippen molar-refractivity contribution in [1.29, 1.82) is 0 Å². The van der Waals surface area contributed by atoms with Crippen LogP contribution in [-0.2, 0) is 0 Å². The molecular formula is C17H11N5O. The van der Waals surface area contributed by atoms with Crippen LogP contribution < -0.4 is 0 Å². The number of ketones is 1. The molecule has 4 aromatic heterocycles.